The van der Waals surface area contributed by atoms with Crippen molar-refractivity contribution in [3.8, 4) is 5.75 Å². The predicted molar refractivity (Wildman–Crippen MR) is 87.7 cm³/mol. The van der Waals surface area contributed by atoms with Crippen molar-refractivity contribution < 1.29 is 13.2 Å². The molecule has 3 N–H and O–H groups in total. The number of sulfonamides is 1. The molecule has 0 aromatic heterocycles. The van der Waals surface area contributed by atoms with Gasteiger partial charge in [-0.2, -0.15) is 0 Å². The first-order valence-corrected chi connectivity index (χ1v) is 9.40. The molecular weight excluding hydrogens is 324 g/mol. The Morgan fingerprint density at radius 1 is 1.36 bits per heavy atom. The smallest absolute Gasteiger partial charge is 0.244 e. The summed E-state index contributed by atoms with van der Waals surface area (Å²) in [6.07, 6.45) is 5.49. The van der Waals surface area contributed by atoms with Crippen molar-refractivity contribution >= 4 is 21.6 Å². The van der Waals surface area contributed by atoms with Gasteiger partial charge in [-0.25, -0.2) is 13.1 Å². The molecule has 2 rings (SSSR count). The molecule has 0 heterocycles. The zero-order chi connectivity index (χ0) is 16.2. The summed E-state index contributed by atoms with van der Waals surface area (Å²) in [5, 5.41) is 0.350. The van der Waals surface area contributed by atoms with E-state index in [0.717, 1.165) is 25.7 Å². The molecule has 22 heavy (non-hydrogen) atoms. The minimum atomic E-state index is -3.73. The molecule has 0 saturated heterocycles. The molecule has 124 valence electrons. The summed E-state index contributed by atoms with van der Waals surface area (Å²) in [5.41, 5.74) is 5.81. The van der Waals surface area contributed by atoms with E-state index in [-0.39, 0.29) is 23.2 Å². The first-order chi connectivity index (χ1) is 10.5. The van der Waals surface area contributed by atoms with Crippen molar-refractivity contribution in [2.24, 2.45) is 11.7 Å². The average molecular weight is 347 g/mol. The maximum atomic E-state index is 12.7. The van der Waals surface area contributed by atoms with Gasteiger partial charge in [0.2, 0.25) is 10.0 Å². The van der Waals surface area contributed by atoms with Gasteiger partial charge in [0.15, 0.2) is 0 Å². The highest BCUT2D eigenvalue weighted by atomic mass is 35.5. The monoisotopic (exact) mass is 346 g/mol. The van der Waals surface area contributed by atoms with Crippen LogP contribution in [0.1, 0.15) is 32.1 Å². The van der Waals surface area contributed by atoms with Crippen LogP contribution in [0.4, 0.5) is 0 Å². The molecule has 1 saturated carbocycles. The predicted octanol–water partition coefficient (Wildman–Crippen LogP) is 2.53. The highest BCUT2D eigenvalue weighted by molar-refractivity contribution is 7.89. The Bertz CT molecular complexity index is 601. The number of halogens is 1. The standard InChI is InChI=1S/C15H23ClN2O3S/c1-21-14-8-7-12(16)9-15(14)22(19,20)18-13(10-17)11-5-3-2-4-6-11/h7-9,11,13,18H,2-6,10,17H2,1H3. The molecule has 1 aromatic rings. The number of nitrogens with one attached hydrogen (secondary N) is 1. The molecule has 0 radical (unpaired) electrons. The second-order valence-corrected chi connectivity index (χ2v) is 7.78. The van der Waals surface area contributed by atoms with Crippen molar-refractivity contribution in [3.05, 3.63) is 23.2 Å². The molecule has 1 fully saturated rings. The number of rotatable bonds is 6. The lowest BCUT2D eigenvalue weighted by molar-refractivity contribution is 0.294. The van der Waals surface area contributed by atoms with Crippen LogP contribution in [0.25, 0.3) is 0 Å². The third kappa shape index (κ3) is 4.13. The van der Waals surface area contributed by atoms with E-state index in [2.05, 4.69) is 4.72 Å². The van der Waals surface area contributed by atoms with Gasteiger partial charge in [-0.15, -0.1) is 0 Å². The highest BCUT2D eigenvalue weighted by Gasteiger charge is 2.29. The van der Waals surface area contributed by atoms with Gasteiger partial charge < -0.3 is 10.5 Å². The molecule has 0 amide bonds. The quantitative estimate of drug-likeness (QED) is 0.829. The Morgan fingerprint density at radius 3 is 2.64 bits per heavy atom. The normalized spacial score (nSPS) is 18.1. The van der Waals surface area contributed by atoms with E-state index in [1.54, 1.807) is 12.1 Å². The second-order valence-electron chi connectivity index (χ2n) is 5.66. The van der Waals surface area contributed by atoms with Crippen LogP contribution in [0.2, 0.25) is 5.02 Å². The molecule has 5 nitrogen and oxygen atoms in total. The summed E-state index contributed by atoms with van der Waals surface area (Å²) in [6.45, 7) is 0.285. The van der Waals surface area contributed by atoms with Gasteiger partial charge in [0.25, 0.3) is 0 Å². The molecule has 0 aliphatic heterocycles. The zero-order valence-corrected chi connectivity index (χ0v) is 14.3. The number of ether oxygens (including phenoxy) is 1. The van der Waals surface area contributed by atoms with Crippen molar-refractivity contribution in [3.63, 3.8) is 0 Å². The third-order valence-electron chi connectivity index (χ3n) is 4.19. The van der Waals surface area contributed by atoms with Crippen molar-refractivity contribution in [1.29, 1.82) is 0 Å². The maximum absolute atomic E-state index is 12.7. The second kappa shape index (κ2) is 7.64. The van der Waals surface area contributed by atoms with Crippen LogP contribution in [0, 0.1) is 5.92 Å². The molecule has 1 aromatic carbocycles. The fraction of sp³-hybridized carbons (Fsp3) is 0.600. The van der Waals surface area contributed by atoms with E-state index in [9.17, 15) is 8.42 Å². The van der Waals surface area contributed by atoms with Crippen LogP contribution in [-0.2, 0) is 10.0 Å². The number of nitrogens with two attached hydrogens (primary N) is 1. The summed E-state index contributed by atoms with van der Waals surface area (Å²) in [6, 6.07) is 4.29. The maximum Gasteiger partial charge on any atom is 0.244 e. The van der Waals surface area contributed by atoms with Crippen molar-refractivity contribution in [2.45, 2.75) is 43.0 Å². The van der Waals surface area contributed by atoms with Gasteiger partial charge >= 0.3 is 0 Å². The molecule has 7 heteroatoms. The van der Waals surface area contributed by atoms with E-state index < -0.39 is 10.0 Å². The van der Waals surface area contributed by atoms with Gasteiger partial charge in [0, 0.05) is 17.6 Å². The first kappa shape index (κ1) is 17.5. The largest absolute Gasteiger partial charge is 0.495 e. The summed E-state index contributed by atoms with van der Waals surface area (Å²) in [4.78, 5) is 0.0526. The van der Waals surface area contributed by atoms with E-state index in [1.165, 1.54) is 19.6 Å². The molecule has 1 unspecified atom stereocenters. The lowest BCUT2D eigenvalue weighted by Crippen LogP contribution is -2.45. The minimum absolute atomic E-state index is 0.0526. The molecule has 0 spiro atoms. The Kier molecular flexibility index (Phi) is 6.09. The van der Waals surface area contributed by atoms with E-state index in [0.29, 0.717) is 10.9 Å². The summed E-state index contributed by atoms with van der Waals surface area (Å²) >= 11 is 5.93. The SMILES string of the molecule is COc1ccc(Cl)cc1S(=O)(=O)NC(CN)C1CCCCC1. The van der Waals surface area contributed by atoms with Crippen molar-refractivity contribution in [1.82, 2.24) is 4.72 Å². The zero-order valence-electron chi connectivity index (χ0n) is 12.7. The summed E-state index contributed by atoms with van der Waals surface area (Å²) < 4.78 is 33.2. The Morgan fingerprint density at radius 2 is 2.05 bits per heavy atom. The lowest BCUT2D eigenvalue weighted by atomic mass is 9.84. The van der Waals surface area contributed by atoms with Gasteiger partial charge in [-0.05, 0) is 37.0 Å². The highest BCUT2D eigenvalue weighted by Crippen LogP contribution is 2.30. The lowest BCUT2D eigenvalue weighted by Gasteiger charge is -2.30. The minimum Gasteiger partial charge on any atom is -0.495 e. The van der Waals surface area contributed by atoms with Crippen LogP contribution in [-0.4, -0.2) is 28.1 Å². The fourth-order valence-corrected chi connectivity index (χ4v) is 4.75. The van der Waals surface area contributed by atoms with Gasteiger partial charge in [-0.1, -0.05) is 30.9 Å². The molecule has 1 atom stereocenters. The molecule has 1 aliphatic rings. The Labute approximate surface area is 137 Å². The van der Waals surface area contributed by atoms with Crippen molar-refractivity contribution in [2.75, 3.05) is 13.7 Å². The van der Waals surface area contributed by atoms with E-state index in [4.69, 9.17) is 22.1 Å². The Hall–Kier alpha value is -0.820. The van der Waals surface area contributed by atoms with Crippen LogP contribution in [0.3, 0.4) is 0 Å². The summed E-state index contributed by atoms with van der Waals surface area (Å²) in [7, 11) is -2.29. The topological polar surface area (TPSA) is 81.4 Å². The molecule has 1 aliphatic carbocycles. The first-order valence-electron chi connectivity index (χ1n) is 7.54. The van der Waals surface area contributed by atoms with E-state index >= 15 is 0 Å². The van der Waals surface area contributed by atoms with Crippen LogP contribution in [0.15, 0.2) is 23.1 Å². The number of benzene rings is 1. The molecule has 0 bridgehead atoms. The molecular formula is C15H23ClN2O3S. The van der Waals surface area contributed by atoms with Crippen LogP contribution < -0.4 is 15.2 Å². The van der Waals surface area contributed by atoms with Gasteiger partial charge in [-0.3, -0.25) is 0 Å². The van der Waals surface area contributed by atoms with Crippen LogP contribution >= 0.6 is 11.6 Å². The number of hydrogen-bond donors (Lipinski definition) is 2. The third-order valence-corrected chi connectivity index (χ3v) is 5.94. The van der Waals surface area contributed by atoms with E-state index in [1.807, 2.05) is 0 Å². The van der Waals surface area contributed by atoms with Crippen LogP contribution in [0.5, 0.6) is 5.75 Å². The fourth-order valence-electron chi connectivity index (χ4n) is 3.00. The van der Waals surface area contributed by atoms with Gasteiger partial charge in [0.05, 0.1) is 7.11 Å². The summed E-state index contributed by atoms with van der Waals surface area (Å²) in [5.74, 6) is 0.565. The van der Waals surface area contributed by atoms with Gasteiger partial charge in [0.1, 0.15) is 10.6 Å². The number of methoxy groups -OCH3 is 1. The average Bonchev–Trinajstić information content (AvgIpc) is 2.53. The Balaban J connectivity index is 2.24. The number of hydrogen-bond acceptors (Lipinski definition) is 4.